The van der Waals surface area contributed by atoms with E-state index >= 15 is 0 Å². The topological polar surface area (TPSA) is 107 Å². The molecule has 8 nitrogen and oxygen atoms in total. The Morgan fingerprint density at radius 1 is 0.795 bits per heavy atom. The first kappa shape index (κ1) is 33.1. The molecule has 0 spiro atoms. The van der Waals surface area contributed by atoms with Crippen LogP contribution in [0, 0.1) is 20.8 Å². The number of aryl methyl sites for hydroxylation is 4. The summed E-state index contributed by atoms with van der Waals surface area (Å²) in [5, 5.41) is 0. The Morgan fingerprint density at radius 2 is 1.34 bits per heavy atom. The number of esters is 2. The van der Waals surface area contributed by atoms with Crippen LogP contribution in [-0.4, -0.2) is 36.1 Å². The van der Waals surface area contributed by atoms with Gasteiger partial charge in [-0.3, -0.25) is 14.6 Å². The van der Waals surface area contributed by atoms with Gasteiger partial charge in [-0.1, -0.05) is 59.5 Å². The summed E-state index contributed by atoms with van der Waals surface area (Å²) in [6, 6.07) is 8.10. The van der Waals surface area contributed by atoms with E-state index in [1.165, 1.54) is 14.2 Å². The second-order valence-electron chi connectivity index (χ2n) is 11.3. The molecular weight excluding hydrogens is 606 g/mol. The molecule has 2 aliphatic heterocycles. The van der Waals surface area contributed by atoms with Crippen LogP contribution in [0.4, 0.5) is 0 Å². The van der Waals surface area contributed by atoms with Crippen LogP contribution in [-0.2, 0) is 45.0 Å². The van der Waals surface area contributed by atoms with E-state index < -0.39 is 0 Å². The summed E-state index contributed by atoms with van der Waals surface area (Å²) in [5.41, 5.74) is 12.7. The van der Waals surface area contributed by atoms with Crippen molar-refractivity contribution in [2.24, 2.45) is 0 Å². The summed E-state index contributed by atoms with van der Waals surface area (Å²) in [4.78, 5) is 44.4. The van der Waals surface area contributed by atoms with E-state index in [4.69, 9.17) is 29.4 Å². The second-order valence-corrected chi connectivity index (χ2v) is 11.3. The molecule has 2 aliphatic rings. The van der Waals surface area contributed by atoms with Crippen molar-refractivity contribution in [1.82, 2.24) is 19.9 Å². The average molecular weight is 644 g/mol. The summed E-state index contributed by atoms with van der Waals surface area (Å²) in [5.74, 6) is -0.410. The molecule has 0 saturated heterocycles. The number of carbonyl (C=O) groups is 2. The zero-order valence-corrected chi connectivity index (χ0v) is 29.7. The number of allylic oxidation sites excluding steroid dienone is 3. The Hall–Kier alpha value is -3.84. The number of rotatable bonds is 7. The van der Waals surface area contributed by atoms with Gasteiger partial charge in [0, 0.05) is 55.5 Å². The number of aromatic nitrogens is 4. The molecule has 3 aromatic heterocycles. The van der Waals surface area contributed by atoms with Gasteiger partial charge in [-0.15, -0.1) is 28.6 Å². The van der Waals surface area contributed by atoms with Gasteiger partial charge >= 0.3 is 11.9 Å². The number of hydrogen-bond donors (Lipinski definition) is 0. The first-order valence-electron chi connectivity index (χ1n) is 14.6. The molecule has 5 heterocycles. The molecule has 5 rings (SSSR count). The third kappa shape index (κ3) is 6.21. The Balaban J connectivity index is 0.00000442. The molecule has 2 unspecified atom stereocenters. The quantitative estimate of drug-likeness (QED) is 0.162. The largest absolute Gasteiger partial charge is 0.657 e. The van der Waals surface area contributed by atoms with E-state index in [1.54, 1.807) is 0 Å². The first-order valence-corrected chi connectivity index (χ1v) is 14.6. The first-order chi connectivity index (χ1) is 20.6. The number of nitrogens with zero attached hydrogens (tertiary/aromatic N) is 4. The van der Waals surface area contributed by atoms with Crippen molar-refractivity contribution >= 4 is 45.2 Å². The number of ether oxygens (including phenoxy) is 2. The van der Waals surface area contributed by atoms with Crippen molar-refractivity contribution in [2.45, 2.75) is 72.1 Å². The fourth-order valence-corrected chi connectivity index (χ4v) is 5.95. The van der Waals surface area contributed by atoms with Crippen LogP contribution >= 0.6 is 0 Å². The van der Waals surface area contributed by atoms with Crippen molar-refractivity contribution in [1.29, 1.82) is 0 Å². The van der Waals surface area contributed by atoms with Crippen LogP contribution in [0.2, 0.25) is 0 Å². The summed E-state index contributed by atoms with van der Waals surface area (Å²) in [7, 11) is 2.79. The van der Waals surface area contributed by atoms with Crippen LogP contribution in [0.1, 0.15) is 90.0 Å². The Kier molecular flexibility index (Phi) is 10.1. The molecule has 0 saturated carbocycles. The average Bonchev–Trinajstić information content (AvgIpc) is 3.64. The minimum Gasteiger partial charge on any atom is -0.657 e. The molecule has 0 aliphatic carbocycles. The SMILES string of the molecule is C=CC1c2cc3[n-]c(cc4nc(cc5[n-]c(cc(n2)C1C)c(C)c5C)C(C)=C4CCC(=O)OC)c(CCC(=O)OC)c3C.[Zn]. The molecule has 0 amide bonds. The van der Waals surface area contributed by atoms with Gasteiger partial charge in [0.2, 0.25) is 0 Å². The smallest absolute Gasteiger partial charge is 0.305 e. The maximum absolute atomic E-state index is 12.1. The van der Waals surface area contributed by atoms with Crippen LogP contribution in [0.15, 0.2) is 36.9 Å². The fourth-order valence-electron chi connectivity index (χ4n) is 5.95. The second kappa shape index (κ2) is 13.4. The van der Waals surface area contributed by atoms with Crippen molar-refractivity contribution in [3.63, 3.8) is 0 Å². The van der Waals surface area contributed by atoms with Gasteiger partial charge in [0.15, 0.2) is 0 Å². The molecule has 0 aromatic carbocycles. The molecule has 44 heavy (non-hydrogen) atoms. The van der Waals surface area contributed by atoms with E-state index in [1.807, 2.05) is 38.1 Å². The zero-order chi connectivity index (χ0) is 31.0. The molecule has 0 N–H and O–H groups in total. The molecule has 8 bridgehead atoms. The molecule has 0 fully saturated rings. The fraction of sp³-hybridized carbons (Fsp3) is 0.371. The molecule has 9 heteroatoms. The Labute approximate surface area is 271 Å². The van der Waals surface area contributed by atoms with Gasteiger partial charge in [-0.25, -0.2) is 4.98 Å². The van der Waals surface area contributed by atoms with Crippen LogP contribution in [0.3, 0.4) is 0 Å². The predicted molar refractivity (Wildman–Crippen MR) is 169 cm³/mol. The van der Waals surface area contributed by atoms with Gasteiger partial charge in [0.05, 0.1) is 25.6 Å². The standard InChI is InChI=1S/C35H38N4O4.Zn/c1-9-23-20(4)28-14-26-18(2)19(3)27(36-26)15-29-21(5)24(10-12-34(40)42-7)32(38-29)17-33-25(11-13-35(41)43-8)22(6)30(39-33)16-31(23)37-28;/h9,14-17,20,23H,1,10-13H2,2-8H3;/q-2;. The van der Waals surface area contributed by atoms with E-state index in [-0.39, 0.29) is 56.1 Å². The van der Waals surface area contributed by atoms with Crippen LogP contribution in [0.25, 0.3) is 33.2 Å². The summed E-state index contributed by atoms with van der Waals surface area (Å²) >= 11 is 0. The van der Waals surface area contributed by atoms with E-state index in [2.05, 4.69) is 33.4 Å². The molecular formula is C35H38N4O4Zn-2. The van der Waals surface area contributed by atoms with Crippen molar-refractivity contribution < 1.29 is 38.5 Å². The third-order valence-corrected chi connectivity index (χ3v) is 8.93. The number of hydrogen-bond acceptors (Lipinski definition) is 6. The minimum atomic E-state index is -0.282. The van der Waals surface area contributed by atoms with Crippen molar-refractivity contribution in [3.8, 4) is 0 Å². The number of carbonyl (C=O) groups excluding carboxylic acids is 2. The third-order valence-electron chi connectivity index (χ3n) is 8.93. The van der Waals surface area contributed by atoms with Crippen LogP contribution in [0.5, 0.6) is 0 Å². The van der Waals surface area contributed by atoms with Gasteiger partial charge in [0.25, 0.3) is 0 Å². The predicted octanol–water partition coefficient (Wildman–Crippen LogP) is 6.56. The number of fused-ring (bicyclic) bond motifs is 8. The Bertz CT molecular complexity index is 1830. The summed E-state index contributed by atoms with van der Waals surface area (Å²) < 4.78 is 9.87. The monoisotopic (exact) mass is 642 g/mol. The normalized spacial score (nSPS) is 16.0. The van der Waals surface area contributed by atoms with Gasteiger partial charge in [-0.2, -0.15) is 0 Å². The zero-order valence-electron chi connectivity index (χ0n) is 26.7. The van der Waals surface area contributed by atoms with Crippen LogP contribution < -0.4 is 9.97 Å². The molecule has 0 radical (unpaired) electrons. The van der Waals surface area contributed by atoms with Crippen molar-refractivity contribution in [2.75, 3.05) is 14.2 Å². The molecule has 2 atom stereocenters. The minimum absolute atomic E-state index is 0. The van der Waals surface area contributed by atoms with E-state index in [0.29, 0.717) is 12.8 Å². The van der Waals surface area contributed by atoms with E-state index in [9.17, 15) is 9.59 Å². The summed E-state index contributed by atoms with van der Waals surface area (Å²) in [6.45, 7) is 14.5. The maximum atomic E-state index is 12.1. The molecule has 3 aromatic rings. The van der Waals surface area contributed by atoms with Gasteiger partial charge in [-0.05, 0) is 51.7 Å². The van der Waals surface area contributed by atoms with Gasteiger partial charge < -0.3 is 19.4 Å². The Morgan fingerprint density at radius 3 is 1.98 bits per heavy atom. The molecule has 226 valence electrons. The maximum Gasteiger partial charge on any atom is 0.305 e. The van der Waals surface area contributed by atoms with E-state index in [0.717, 1.165) is 78.2 Å². The summed E-state index contributed by atoms with van der Waals surface area (Å²) in [6.07, 6.45) is 3.35. The van der Waals surface area contributed by atoms with Crippen molar-refractivity contribution in [3.05, 3.63) is 81.9 Å². The number of methoxy groups -OCH3 is 2. The van der Waals surface area contributed by atoms with Gasteiger partial charge in [0.1, 0.15) is 0 Å².